The van der Waals surface area contributed by atoms with Gasteiger partial charge in [0.05, 0.1) is 16.7 Å². The van der Waals surface area contributed by atoms with Crippen molar-refractivity contribution in [1.82, 2.24) is 15.5 Å². The van der Waals surface area contributed by atoms with Crippen LogP contribution in [0.1, 0.15) is 58.3 Å². The quantitative estimate of drug-likeness (QED) is 0.243. The first-order chi connectivity index (χ1) is 19.1. The van der Waals surface area contributed by atoms with E-state index in [1.165, 1.54) is 6.20 Å². The van der Waals surface area contributed by atoms with Crippen molar-refractivity contribution in [3.05, 3.63) is 70.4 Å². The number of rotatable bonds is 8. The number of likely N-dealkylation sites (tertiary alicyclic amines) is 1. The topological polar surface area (TPSA) is 162 Å². The van der Waals surface area contributed by atoms with Crippen molar-refractivity contribution in [3.8, 4) is 5.75 Å². The first-order valence-electron chi connectivity index (χ1n) is 13.5. The van der Waals surface area contributed by atoms with E-state index in [4.69, 9.17) is 5.73 Å². The van der Waals surface area contributed by atoms with Gasteiger partial charge in [0.1, 0.15) is 11.5 Å². The number of benzene rings is 2. The van der Waals surface area contributed by atoms with Crippen LogP contribution in [0.4, 0.5) is 0 Å². The van der Waals surface area contributed by atoms with E-state index in [1.807, 2.05) is 13.1 Å². The maximum absolute atomic E-state index is 13.2. The van der Waals surface area contributed by atoms with Gasteiger partial charge < -0.3 is 31.5 Å². The average Bonchev–Trinajstić information content (AvgIpc) is 2.92. The number of amides is 3. The Morgan fingerprint density at radius 1 is 1.18 bits per heavy atom. The number of aliphatic hydroxyl groups is 1. The third-order valence-electron chi connectivity index (χ3n) is 9.01. The Bertz CT molecular complexity index is 1400. The maximum atomic E-state index is 13.2. The van der Waals surface area contributed by atoms with Crippen molar-refractivity contribution >= 4 is 29.6 Å². The molecule has 0 aromatic heterocycles. The van der Waals surface area contributed by atoms with E-state index < -0.39 is 22.8 Å². The molecule has 10 nitrogen and oxygen atoms in total. The summed E-state index contributed by atoms with van der Waals surface area (Å²) in [4.78, 5) is 50.2. The molecular formula is C30H34N4O6. The molecule has 3 aliphatic rings. The number of carbonyl (C=O) groups excluding carboxylic acids is 4. The standard InChI is InChI=1S/C30H34N4O6/c1-34-13-11-29-15-21(36)8-10-30(29,40)24(34)14-20-6-7-22(26(37)25(20)29)28(39)33-12-9-18-2-4-19(5-3-18)23(27(31)38)16-32-17-35/h2-7,16-17,24,37,40H,8-15H2,1H3,(H2,31,38)(H,32,35)(H,33,39)/b23-16-/t24-,29?,30-/m1/s1. The molecule has 10 heteroatoms. The smallest absolute Gasteiger partial charge is 0.255 e. The molecule has 2 aromatic carbocycles. The fraction of sp³-hybridized carbons (Fsp3) is 0.400. The van der Waals surface area contributed by atoms with E-state index in [1.54, 1.807) is 30.3 Å². The Kier molecular flexibility index (Phi) is 7.24. The number of phenolic OH excluding ortho intramolecular Hbond substituents is 1. The van der Waals surface area contributed by atoms with Crippen molar-refractivity contribution in [2.24, 2.45) is 5.73 Å². The van der Waals surface area contributed by atoms with Gasteiger partial charge in [0.25, 0.3) is 11.8 Å². The van der Waals surface area contributed by atoms with Gasteiger partial charge in [-0.3, -0.25) is 19.2 Å². The van der Waals surface area contributed by atoms with Crippen LogP contribution in [0.3, 0.4) is 0 Å². The number of Topliss-reactive ketones (excluding diaryl/α,β-unsaturated/α-hetero) is 1. The summed E-state index contributed by atoms with van der Waals surface area (Å²) in [6.07, 6.45) is 4.07. The highest BCUT2D eigenvalue weighted by Gasteiger charge is 2.65. The summed E-state index contributed by atoms with van der Waals surface area (Å²) in [7, 11) is 1.99. The van der Waals surface area contributed by atoms with Crippen molar-refractivity contribution < 1.29 is 29.4 Å². The summed E-state index contributed by atoms with van der Waals surface area (Å²) in [5.41, 5.74) is 6.49. The number of carbonyl (C=O) groups is 4. The second-order valence-corrected chi connectivity index (χ2v) is 11.1. The lowest BCUT2D eigenvalue weighted by molar-refractivity contribution is -0.169. The Hall–Kier alpha value is -4.02. The van der Waals surface area contributed by atoms with Crippen LogP contribution in [0.5, 0.6) is 5.75 Å². The largest absolute Gasteiger partial charge is 0.507 e. The number of fused-ring (bicyclic) bond motifs is 1. The number of ketones is 1. The zero-order valence-corrected chi connectivity index (χ0v) is 22.4. The lowest BCUT2D eigenvalue weighted by atomic mass is 9.49. The third-order valence-corrected chi connectivity index (χ3v) is 9.01. The molecule has 0 spiro atoms. The van der Waals surface area contributed by atoms with E-state index in [2.05, 4.69) is 15.5 Å². The zero-order chi connectivity index (χ0) is 28.7. The number of nitrogens with zero attached hydrogens (tertiary/aromatic N) is 1. The van der Waals surface area contributed by atoms with Gasteiger partial charge in [-0.15, -0.1) is 0 Å². The number of nitrogens with two attached hydrogens (primary N) is 1. The van der Waals surface area contributed by atoms with Crippen LogP contribution >= 0.6 is 0 Å². The van der Waals surface area contributed by atoms with Gasteiger partial charge in [0.15, 0.2) is 0 Å². The number of phenols is 1. The van der Waals surface area contributed by atoms with Crippen LogP contribution in [0, 0.1) is 0 Å². The summed E-state index contributed by atoms with van der Waals surface area (Å²) in [6, 6.07) is 10.3. The number of hydrogen-bond acceptors (Lipinski definition) is 7. The van der Waals surface area contributed by atoms with E-state index in [0.29, 0.717) is 62.7 Å². The SMILES string of the molecule is CN1CCC23CC(=O)CC[C@@]2(O)[C@H]1Cc1ccc(C(=O)NCCc2ccc(/C(=C/NC=O)C(N)=O)cc2)c(O)c13. The molecule has 1 saturated heterocycles. The summed E-state index contributed by atoms with van der Waals surface area (Å²) < 4.78 is 0. The summed E-state index contributed by atoms with van der Waals surface area (Å²) >= 11 is 0. The highest BCUT2D eigenvalue weighted by Crippen LogP contribution is 2.59. The van der Waals surface area contributed by atoms with Crippen LogP contribution in [-0.2, 0) is 32.6 Å². The Morgan fingerprint density at radius 2 is 1.93 bits per heavy atom. The summed E-state index contributed by atoms with van der Waals surface area (Å²) in [5, 5.41) is 28.6. The predicted octanol–water partition coefficient (Wildman–Crippen LogP) is 0.919. The number of hydrogen-bond donors (Lipinski definition) is 5. The number of aromatic hydroxyl groups is 1. The average molecular weight is 547 g/mol. The molecule has 210 valence electrons. The fourth-order valence-electron chi connectivity index (χ4n) is 6.99. The lowest BCUT2D eigenvalue weighted by Gasteiger charge is -2.62. The molecule has 2 aromatic rings. The normalized spacial score (nSPS) is 25.9. The Balaban J connectivity index is 1.33. The molecule has 6 N–H and O–H groups in total. The van der Waals surface area contributed by atoms with Gasteiger partial charge in [-0.2, -0.15) is 0 Å². The second-order valence-electron chi connectivity index (χ2n) is 11.1. The van der Waals surface area contributed by atoms with Crippen LogP contribution < -0.4 is 16.4 Å². The number of likely N-dealkylation sites (N-methyl/N-ethyl adjacent to an activating group) is 1. The van der Waals surface area contributed by atoms with Crippen molar-refractivity contribution in [2.75, 3.05) is 20.1 Å². The Morgan fingerprint density at radius 3 is 2.62 bits per heavy atom. The fourth-order valence-corrected chi connectivity index (χ4v) is 6.99. The Labute approximate surface area is 232 Å². The molecule has 3 amide bonds. The van der Waals surface area contributed by atoms with Crippen LogP contribution in [0.25, 0.3) is 5.57 Å². The highest BCUT2D eigenvalue weighted by atomic mass is 16.3. The van der Waals surface area contributed by atoms with Gasteiger partial charge in [-0.05, 0) is 62.0 Å². The minimum absolute atomic E-state index is 0.0690. The highest BCUT2D eigenvalue weighted by molar-refractivity contribution is 6.18. The van der Waals surface area contributed by atoms with Gasteiger partial charge >= 0.3 is 0 Å². The molecule has 2 fully saturated rings. The molecule has 2 aliphatic carbocycles. The van der Waals surface area contributed by atoms with Crippen molar-refractivity contribution in [1.29, 1.82) is 0 Å². The molecule has 1 unspecified atom stereocenters. The molecule has 1 aliphatic heterocycles. The third kappa shape index (κ3) is 4.47. The van der Waals surface area contributed by atoms with Gasteiger partial charge in [0.2, 0.25) is 6.41 Å². The van der Waals surface area contributed by atoms with Crippen LogP contribution in [-0.4, -0.2) is 70.9 Å². The molecule has 1 saturated carbocycles. The van der Waals surface area contributed by atoms with Crippen molar-refractivity contribution in [3.63, 3.8) is 0 Å². The molecule has 5 rings (SSSR count). The van der Waals surface area contributed by atoms with E-state index in [-0.39, 0.29) is 35.1 Å². The van der Waals surface area contributed by atoms with Crippen molar-refractivity contribution in [2.45, 2.75) is 55.6 Å². The van der Waals surface area contributed by atoms with E-state index >= 15 is 0 Å². The van der Waals surface area contributed by atoms with E-state index in [9.17, 15) is 29.4 Å². The van der Waals surface area contributed by atoms with Gasteiger partial charge in [0, 0.05) is 42.6 Å². The zero-order valence-electron chi connectivity index (χ0n) is 22.4. The number of nitrogens with one attached hydrogen (secondary N) is 2. The first-order valence-corrected chi connectivity index (χ1v) is 13.5. The van der Waals surface area contributed by atoms with Crippen LogP contribution in [0.2, 0.25) is 0 Å². The number of primary amides is 1. The second kappa shape index (κ2) is 10.5. The minimum atomic E-state index is -1.15. The molecule has 40 heavy (non-hydrogen) atoms. The summed E-state index contributed by atoms with van der Waals surface area (Å²) in [6.45, 7) is 0.985. The van der Waals surface area contributed by atoms with Gasteiger partial charge in [-0.25, -0.2) is 0 Å². The minimum Gasteiger partial charge on any atom is -0.507 e. The van der Waals surface area contributed by atoms with E-state index in [0.717, 1.165) is 11.1 Å². The summed E-state index contributed by atoms with van der Waals surface area (Å²) in [5.74, 6) is -1.19. The van der Waals surface area contributed by atoms with Crippen LogP contribution in [0.15, 0.2) is 42.6 Å². The molecular weight excluding hydrogens is 512 g/mol. The lowest BCUT2D eigenvalue weighted by Crippen LogP contribution is -2.72. The first kappa shape index (κ1) is 27.5. The molecule has 3 atom stereocenters. The monoisotopic (exact) mass is 546 g/mol. The molecule has 1 heterocycles. The molecule has 2 bridgehead atoms. The molecule has 0 radical (unpaired) electrons. The maximum Gasteiger partial charge on any atom is 0.255 e. The number of piperidine rings is 1. The van der Waals surface area contributed by atoms with Gasteiger partial charge in [-0.1, -0.05) is 30.3 Å². The predicted molar refractivity (Wildman–Crippen MR) is 147 cm³/mol.